The molecule has 1 unspecified atom stereocenters. The van der Waals surface area contributed by atoms with Crippen LogP contribution < -0.4 is 10.6 Å². The summed E-state index contributed by atoms with van der Waals surface area (Å²) < 4.78 is 0. The SMILES string of the molecule is CNC(=O)CC1(O)CCCN(C(=O)c2cccc(C(=O)NC)c2)C1. The Morgan fingerprint density at radius 1 is 1.21 bits per heavy atom. The van der Waals surface area contributed by atoms with Crippen molar-refractivity contribution in [1.29, 1.82) is 0 Å². The number of hydrogen-bond acceptors (Lipinski definition) is 4. The quantitative estimate of drug-likeness (QED) is 0.730. The van der Waals surface area contributed by atoms with Gasteiger partial charge in [-0.15, -0.1) is 0 Å². The van der Waals surface area contributed by atoms with Gasteiger partial charge in [-0.05, 0) is 31.0 Å². The molecule has 3 amide bonds. The van der Waals surface area contributed by atoms with Gasteiger partial charge in [0.25, 0.3) is 11.8 Å². The molecule has 0 aliphatic carbocycles. The number of carbonyl (C=O) groups excluding carboxylic acids is 3. The number of piperidine rings is 1. The van der Waals surface area contributed by atoms with Crippen LogP contribution in [0.25, 0.3) is 0 Å². The van der Waals surface area contributed by atoms with Gasteiger partial charge in [0, 0.05) is 31.8 Å². The number of β-amino-alcohol motifs (C(OH)–C–C–N with tert-alkyl or cyclic N) is 1. The molecular weight excluding hydrogens is 310 g/mol. The van der Waals surface area contributed by atoms with E-state index in [0.29, 0.717) is 30.5 Å². The fourth-order valence-electron chi connectivity index (χ4n) is 2.94. The molecule has 3 N–H and O–H groups in total. The first-order valence-corrected chi connectivity index (χ1v) is 7.93. The number of carbonyl (C=O) groups is 3. The molecule has 2 rings (SSSR count). The largest absolute Gasteiger partial charge is 0.388 e. The molecule has 1 heterocycles. The van der Waals surface area contributed by atoms with Gasteiger partial charge in [-0.2, -0.15) is 0 Å². The maximum Gasteiger partial charge on any atom is 0.253 e. The lowest BCUT2D eigenvalue weighted by atomic mass is 9.89. The van der Waals surface area contributed by atoms with Crippen LogP contribution in [-0.4, -0.2) is 60.5 Å². The van der Waals surface area contributed by atoms with Crippen LogP contribution in [0.15, 0.2) is 24.3 Å². The number of nitrogens with one attached hydrogen (secondary N) is 2. The van der Waals surface area contributed by atoms with E-state index in [4.69, 9.17) is 0 Å². The number of benzene rings is 1. The fraction of sp³-hybridized carbons (Fsp3) is 0.471. The lowest BCUT2D eigenvalue weighted by Crippen LogP contribution is -2.52. The molecule has 130 valence electrons. The summed E-state index contributed by atoms with van der Waals surface area (Å²) in [6, 6.07) is 6.46. The molecule has 1 aromatic carbocycles. The highest BCUT2D eigenvalue weighted by Crippen LogP contribution is 2.25. The van der Waals surface area contributed by atoms with Crippen LogP contribution in [0.5, 0.6) is 0 Å². The minimum absolute atomic E-state index is 0.0362. The van der Waals surface area contributed by atoms with E-state index in [-0.39, 0.29) is 30.7 Å². The zero-order valence-electron chi connectivity index (χ0n) is 14.0. The van der Waals surface area contributed by atoms with Crippen molar-refractivity contribution < 1.29 is 19.5 Å². The maximum absolute atomic E-state index is 12.7. The van der Waals surface area contributed by atoms with E-state index in [1.54, 1.807) is 18.2 Å². The molecule has 7 nitrogen and oxygen atoms in total. The van der Waals surface area contributed by atoms with Crippen LogP contribution in [0, 0.1) is 0 Å². The van der Waals surface area contributed by atoms with Gasteiger partial charge in [0.05, 0.1) is 18.6 Å². The summed E-state index contributed by atoms with van der Waals surface area (Å²) in [6.45, 7) is 0.614. The van der Waals surface area contributed by atoms with Crippen molar-refractivity contribution in [1.82, 2.24) is 15.5 Å². The molecule has 0 spiro atoms. The lowest BCUT2D eigenvalue weighted by molar-refractivity contribution is -0.127. The van der Waals surface area contributed by atoms with Crippen LogP contribution in [0.1, 0.15) is 40.0 Å². The summed E-state index contributed by atoms with van der Waals surface area (Å²) >= 11 is 0. The van der Waals surface area contributed by atoms with E-state index in [9.17, 15) is 19.5 Å². The van der Waals surface area contributed by atoms with Crippen molar-refractivity contribution in [3.05, 3.63) is 35.4 Å². The second-order valence-electron chi connectivity index (χ2n) is 6.06. The predicted molar refractivity (Wildman–Crippen MR) is 88.6 cm³/mol. The Balaban J connectivity index is 2.14. The highest BCUT2D eigenvalue weighted by Gasteiger charge is 2.37. The molecule has 7 heteroatoms. The molecule has 24 heavy (non-hydrogen) atoms. The van der Waals surface area contributed by atoms with Crippen molar-refractivity contribution in [2.75, 3.05) is 27.2 Å². The van der Waals surface area contributed by atoms with Gasteiger partial charge in [0.1, 0.15) is 0 Å². The predicted octanol–water partition coefficient (Wildman–Crippen LogP) is 0.149. The average molecular weight is 333 g/mol. The average Bonchev–Trinajstić information content (AvgIpc) is 2.60. The van der Waals surface area contributed by atoms with Crippen molar-refractivity contribution in [3.63, 3.8) is 0 Å². The monoisotopic (exact) mass is 333 g/mol. The molecule has 0 radical (unpaired) electrons. The summed E-state index contributed by atoms with van der Waals surface area (Å²) in [4.78, 5) is 37.5. The first-order chi connectivity index (χ1) is 11.4. The number of aliphatic hydroxyl groups is 1. The summed E-state index contributed by atoms with van der Waals surface area (Å²) in [5.41, 5.74) is -0.423. The third-order valence-electron chi connectivity index (χ3n) is 4.21. The van der Waals surface area contributed by atoms with Crippen molar-refractivity contribution in [2.24, 2.45) is 0 Å². The van der Waals surface area contributed by atoms with E-state index < -0.39 is 5.60 Å². The van der Waals surface area contributed by atoms with E-state index in [2.05, 4.69) is 10.6 Å². The van der Waals surface area contributed by atoms with E-state index >= 15 is 0 Å². The Bertz CT molecular complexity index is 646. The Hall–Kier alpha value is -2.41. The Morgan fingerprint density at radius 2 is 1.92 bits per heavy atom. The second kappa shape index (κ2) is 7.44. The molecule has 1 atom stereocenters. The van der Waals surface area contributed by atoms with E-state index in [1.807, 2.05) is 0 Å². The van der Waals surface area contributed by atoms with Crippen LogP contribution in [0.3, 0.4) is 0 Å². The van der Waals surface area contributed by atoms with Gasteiger partial charge in [-0.25, -0.2) is 0 Å². The van der Waals surface area contributed by atoms with Crippen molar-refractivity contribution >= 4 is 17.7 Å². The lowest BCUT2D eigenvalue weighted by Gasteiger charge is -2.38. The van der Waals surface area contributed by atoms with Crippen molar-refractivity contribution in [3.8, 4) is 0 Å². The minimum atomic E-state index is -1.22. The third-order valence-corrected chi connectivity index (χ3v) is 4.21. The van der Waals surface area contributed by atoms with E-state index in [1.165, 1.54) is 25.1 Å². The van der Waals surface area contributed by atoms with Gasteiger partial charge in [0.2, 0.25) is 5.91 Å². The van der Waals surface area contributed by atoms with Crippen LogP contribution in [0.2, 0.25) is 0 Å². The smallest absolute Gasteiger partial charge is 0.253 e. The first-order valence-electron chi connectivity index (χ1n) is 7.93. The fourth-order valence-corrected chi connectivity index (χ4v) is 2.94. The topological polar surface area (TPSA) is 98.7 Å². The number of hydrogen-bond donors (Lipinski definition) is 3. The van der Waals surface area contributed by atoms with Gasteiger partial charge in [-0.3, -0.25) is 14.4 Å². The normalized spacial score (nSPS) is 20.4. The summed E-state index contributed by atoms with van der Waals surface area (Å²) in [5.74, 6) is -0.774. The minimum Gasteiger partial charge on any atom is -0.388 e. The standard InChI is InChI=1S/C17H23N3O4/c1-18-14(21)10-17(24)7-4-8-20(11-17)16(23)13-6-3-5-12(9-13)15(22)19-2/h3,5-6,9,24H,4,7-8,10-11H2,1-2H3,(H,18,21)(H,19,22). The van der Waals surface area contributed by atoms with Gasteiger partial charge < -0.3 is 20.6 Å². The van der Waals surface area contributed by atoms with Gasteiger partial charge in [0.15, 0.2) is 0 Å². The number of amides is 3. The molecule has 1 aliphatic heterocycles. The van der Waals surface area contributed by atoms with Crippen LogP contribution in [0.4, 0.5) is 0 Å². The summed E-state index contributed by atoms with van der Waals surface area (Å²) in [5, 5.41) is 15.6. The van der Waals surface area contributed by atoms with Crippen LogP contribution >= 0.6 is 0 Å². The molecule has 0 aromatic heterocycles. The Kier molecular flexibility index (Phi) is 5.56. The molecule has 0 saturated carbocycles. The Labute approximate surface area is 141 Å². The third kappa shape index (κ3) is 4.11. The number of nitrogens with zero attached hydrogens (tertiary/aromatic N) is 1. The zero-order chi connectivity index (χ0) is 17.7. The number of likely N-dealkylation sites (tertiary alicyclic amines) is 1. The van der Waals surface area contributed by atoms with Crippen molar-refractivity contribution in [2.45, 2.75) is 24.9 Å². The molecule has 1 saturated heterocycles. The second-order valence-corrected chi connectivity index (χ2v) is 6.06. The van der Waals surface area contributed by atoms with Crippen LogP contribution in [-0.2, 0) is 4.79 Å². The first kappa shape index (κ1) is 17.9. The Morgan fingerprint density at radius 3 is 2.58 bits per heavy atom. The summed E-state index contributed by atoms with van der Waals surface area (Å²) in [6.07, 6.45) is 1.06. The molecule has 1 aliphatic rings. The summed E-state index contributed by atoms with van der Waals surface area (Å²) in [7, 11) is 3.04. The number of rotatable bonds is 4. The maximum atomic E-state index is 12.7. The van der Waals surface area contributed by atoms with E-state index in [0.717, 1.165) is 0 Å². The molecule has 0 bridgehead atoms. The molecule has 1 aromatic rings. The highest BCUT2D eigenvalue weighted by atomic mass is 16.3. The molecular formula is C17H23N3O4. The van der Waals surface area contributed by atoms with Gasteiger partial charge in [-0.1, -0.05) is 6.07 Å². The zero-order valence-corrected chi connectivity index (χ0v) is 14.0. The van der Waals surface area contributed by atoms with Gasteiger partial charge >= 0.3 is 0 Å². The molecule has 1 fully saturated rings. The highest BCUT2D eigenvalue weighted by molar-refractivity contribution is 5.99.